The van der Waals surface area contributed by atoms with Crippen LogP contribution in [0.4, 0.5) is 0 Å². The third kappa shape index (κ3) is 2.09. The van der Waals surface area contributed by atoms with E-state index in [2.05, 4.69) is 74.6 Å². The maximum Gasteiger partial charge on any atom is 0.112 e. The molecule has 0 aliphatic carbocycles. The normalized spacial score (nSPS) is 11.4. The second-order valence-corrected chi connectivity index (χ2v) is 9.26. The molecule has 0 aliphatic heterocycles. The summed E-state index contributed by atoms with van der Waals surface area (Å²) in [6.07, 6.45) is 0. The van der Waals surface area contributed by atoms with E-state index >= 15 is 0 Å². The number of rotatable bonds is 2. The Hall–Kier alpha value is -1.34. The number of aryl methyl sites for hydroxylation is 1. The molecule has 2 aromatic rings. The van der Waals surface area contributed by atoms with Crippen LogP contribution in [0.3, 0.4) is 0 Å². The molecule has 0 N–H and O–H groups in total. The first kappa shape index (κ1) is 11.2. The van der Waals surface area contributed by atoms with Gasteiger partial charge in [-0.2, -0.15) is 0 Å². The van der Waals surface area contributed by atoms with E-state index in [0.29, 0.717) is 0 Å². The zero-order valence-electron chi connectivity index (χ0n) is 10.2. The lowest BCUT2D eigenvalue weighted by molar-refractivity contribution is 1.48. The molecule has 0 bridgehead atoms. The van der Waals surface area contributed by atoms with Crippen LogP contribution in [0.2, 0.25) is 13.1 Å². The summed E-state index contributed by atoms with van der Waals surface area (Å²) in [6, 6.07) is 19.9. The Labute approximate surface area is 99.0 Å². The van der Waals surface area contributed by atoms with Crippen LogP contribution in [-0.2, 0) is 0 Å². The Morgan fingerprint density at radius 3 is 1.75 bits per heavy atom. The highest BCUT2D eigenvalue weighted by Gasteiger charge is 2.25. The van der Waals surface area contributed by atoms with Gasteiger partial charge >= 0.3 is 0 Å². The summed E-state index contributed by atoms with van der Waals surface area (Å²) < 4.78 is 0. The van der Waals surface area contributed by atoms with Gasteiger partial charge in [-0.3, -0.25) is 0 Å². The van der Waals surface area contributed by atoms with Gasteiger partial charge in [-0.05, 0) is 6.92 Å². The number of benzene rings is 2. The van der Waals surface area contributed by atoms with Gasteiger partial charge in [0, 0.05) is 0 Å². The summed E-state index contributed by atoms with van der Waals surface area (Å²) in [4.78, 5) is 0. The number of hydrogen-bond acceptors (Lipinski definition) is 0. The topological polar surface area (TPSA) is 0 Å². The van der Waals surface area contributed by atoms with Crippen LogP contribution in [0.15, 0.2) is 54.6 Å². The highest BCUT2D eigenvalue weighted by Crippen LogP contribution is 2.05. The summed E-state index contributed by atoms with van der Waals surface area (Å²) in [7, 11) is -1.48. The fourth-order valence-electron chi connectivity index (χ4n) is 1.99. The van der Waals surface area contributed by atoms with Crippen LogP contribution < -0.4 is 10.4 Å². The Kier molecular flexibility index (Phi) is 2.97. The summed E-state index contributed by atoms with van der Waals surface area (Å²) in [5, 5.41) is 3.00. The molecule has 2 rings (SSSR count). The third-order valence-electron chi connectivity index (χ3n) is 3.27. The Bertz CT molecular complexity index is 455. The Morgan fingerprint density at radius 1 is 0.688 bits per heavy atom. The van der Waals surface area contributed by atoms with E-state index in [1.807, 2.05) is 0 Å². The molecular formula is C15H18Si. The molecule has 0 nitrogen and oxygen atoms in total. The van der Waals surface area contributed by atoms with Crippen molar-refractivity contribution in [3.8, 4) is 0 Å². The van der Waals surface area contributed by atoms with E-state index < -0.39 is 8.07 Å². The van der Waals surface area contributed by atoms with Crippen molar-refractivity contribution in [2.75, 3.05) is 0 Å². The Morgan fingerprint density at radius 2 is 1.19 bits per heavy atom. The fourth-order valence-corrected chi connectivity index (χ4v) is 4.35. The highest BCUT2D eigenvalue weighted by atomic mass is 28.3. The summed E-state index contributed by atoms with van der Waals surface area (Å²) in [5.74, 6) is 0. The molecule has 0 aromatic heterocycles. The van der Waals surface area contributed by atoms with E-state index in [9.17, 15) is 0 Å². The quantitative estimate of drug-likeness (QED) is 0.691. The van der Waals surface area contributed by atoms with Gasteiger partial charge in [-0.15, -0.1) is 0 Å². The molecular weight excluding hydrogens is 208 g/mol. The lowest BCUT2D eigenvalue weighted by Gasteiger charge is -2.23. The molecule has 0 unspecified atom stereocenters. The zero-order valence-corrected chi connectivity index (χ0v) is 11.2. The fraction of sp³-hybridized carbons (Fsp3) is 0.200. The smallest absolute Gasteiger partial charge is 0.0626 e. The van der Waals surface area contributed by atoms with Gasteiger partial charge < -0.3 is 0 Å². The van der Waals surface area contributed by atoms with Crippen molar-refractivity contribution < 1.29 is 0 Å². The van der Waals surface area contributed by atoms with E-state index in [4.69, 9.17) is 0 Å². The predicted molar refractivity (Wildman–Crippen MR) is 74.4 cm³/mol. The highest BCUT2D eigenvalue weighted by molar-refractivity contribution is 7.00. The van der Waals surface area contributed by atoms with E-state index in [1.165, 1.54) is 15.9 Å². The van der Waals surface area contributed by atoms with Crippen LogP contribution in [0, 0.1) is 6.92 Å². The first-order valence-electron chi connectivity index (χ1n) is 5.73. The molecule has 16 heavy (non-hydrogen) atoms. The van der Waals surface area contributed by atoms with Gasteiger partial charge in [-0.1, -0.05) is 83.6 Å². The molecule has 0 amide bonds. The molecule has 2 aromatic carbocycles. The maximum absolute atomic E-state index is 2.41. The average molecular weight is 226 g/mol. The van der Waals surface area contributed by atoms with Crippen molar-refractivity contribution in [1.29, 1.82) is 0 Å². The van der Waals surface area contributed by atoms with Crippen LogP contribution in [0.25, 0.3) is 0 Å². The first-order valence-corrected chi connectivity index (χ1v) is 8.73. The minimum absolute atomic E-state index is 1.33. The van der Waals surface area contributed by atoms with Gasteiger partial charge in [-0.25, -0.2) is 0 Å². The maximum atomic E-state index is 2.41. The van der Waals surface area contributed by atoms with Crippen molar-refractivity contribution in [2.24, 2.45) is 0 Å². The Balaban J connectivity index is 2.43. The first-order chi connectivity index (χ1) is 7.60. The monoisotopic (exact) mass is 226 g/mol. The molecule has 0 saturated heterocycles. The SMILES string of the molecule is Cc1ccc([Si](C)(C)c2ccccc2)cc1. The van der Waals surface area contributed by atoms with E-state index in [0.717, 1.165) is 0 Å². The molecule has 0 saturated carbocycles. The van der Waals surface area contributed by atoms with Gasteiger partial charge in [0.2, 0.25) is 0 Å². The van der Waals surface area contributed by atoms with E-state index in [1.54, 1.807) is 0 Å². The van der Waals surface area contributed by atoms with Crippen LogP contribution >= 0.6 is 0 Å². The molecule has 0 fully saturated rings. The lowest BCUT2D eigenvalue weighted by Crippen LogP contribution is -2.52. The number of hydrogen-bond donors (Lipinski definition) is 0. The minimum atomic E-state index is -1.48. The summed E-state index contributed by atoms with van der Waals surface area (Å²) in [5.41, 5.74) is 1.33. The van der Waals surface area contributed by atoms with E-state index in [-0.39, 0.29) is 0 Å². The van der Waals surface area contributed by atoms with Crippen LogP contribution in [0.5, 0.6) is 0 Å². The molecule has 82 valence electrons. The van der Waals surface area contributed by atoms with Crippen molar-refractivity contribution in [2.45, 2.75) is 20.0 Å². The van der Waals surface area contributed by atoms with Gasteiger partial charge in [0.05, 0.1) is 0 Å². The van der Waals surface area contributed by atoms with Crippen molar-refractivity contribution >= 4 is 18.4 Å². The zero-order chi connectivity index (χ0) is 11.6. The molecule has 0 heterocycles. The molecule has 1 heteroatoms. The largest absolute Gasteiger partial charge is 0.112 e. The molecule has 0 radical (unpaired) electrons. The summed E-state index contributed by atoms with van der Waals surface area (Å²) in [6.45, 7) is 6.96. The molecule has 0 atom stereocenters. The standard InChI is InChI=1S/C15H18Si/c1-13-9-11-15(12-10-13)16(2,3)14-7-5-4-6-8-14/h4-12H,1-3H3. The van der Waals surface area contributed by atoms with Crippen molar-refractivity contribution in [1.82, 2.24) is 0 Å². The van der Waals surface area contributed by atoms with Gasteiger partial charge in [0.25, 0.3) is 0 Å². The third-order valence-corrected chi connectivity index (χ3v) is 6.82. The predicted octanol–water partition coefficient (Wildman–Crippen LogP) is 2.82. The van der Waals surface area contributed by atoms with Gasteiger partial charge in [0.1, 0.15) is 8.07 Å². The molecule has 0 spiro atoms. The average Bonchev–Trinajstić information content (AvgIpc) is 2.31. The minimum Gasteiger partial charge on any atom is -0.0626 e. The van der Waals surface area contributed by atoms with Crippen LogP contribution in [-0.4, -0.2) is 8.07 Å². The van der Waals surface area contributed by atoms with Crippen molar-refractivity contribution in [3.63, 3.8) is 0 Å². The van der Waals surface area contributed by atoms with Gasteiger partial charge in [0.15, 0.2) is 0 Å². The lowest BCUT2D eigenvalue weighted by atomic mass is 10.2. The van der Waals surface area contributed by atoms with Crippen molar-refractivity contribution in [3.05, 3.63) is 60.2 Å². The second-order valence-electron chi connectivity index (χ2n) is 4.86. The molecule has 0 aliphatic rings. The van der Waals surface area contributed by atoms with Crippen LogP contribution in [0.1, 0.15) is 5.56 Å². The second kappa shape index (κ2) is 4.26. The summed E-state index contributed by atoms with van der Waals surface area (Å²) >= 11 is 0.